The summed E-state index contributed by atoms with van der Waals surface area (Å²) in [5.74, 6) is 0.0411. The molecular weight excluding hydrogens is 236 g/mol. The second kappa shape index (κ2) is 5.41. The molecule has 3 nitrogen and oxygen atoms in total. The van der Waals surface area contributed by atoms with Gasteiger partial charge < -0.3 is 9.80 Å². The highest BCUT2D eigenvalue weighted by Crippen LogP contribution is 2.16. The highest BCUT2D eigenvalue weighted by atomic mass is 35.5. The lowest BCUT2D eigenvalue weighted by Gasteiger charge is -2.36. The normalized spacial score (nSPS) is 18.0. The largest absolute Gasteiger partial charge is 0.368 e. The summed E-state index contributed by atoms with van der Waals surface area (Å²) in [4.78, 5) is 15.9. The molecule has 1 aromatic carbocycles. The van der Waals surface area contributed by atoms with E-state index in [-0.39, 0.29) is 5.91 Å². The molecule has 92 valence electrons. The van der Waals surface area contributed by atoms with Crippen molar-refractivity contribution in [3.8, 4) is 0 Å². The first-order chi connectivity index (χ1) is 8.18. The summed E-state index contributed by atoms with van der Waals surface area (Å²) in [5.41, 5.74) is 1.22. The maximum absolute atomic E-state index is 11.7. The average molecular weight is 253 g/mol. The van der Waals surface area contributed by atoms with Crippen LogP contribution in [0.25, 0.3) is 0 Å². The van der Waals surface area contributed by atoms with Gasteiger partial charge in [-0.2, -0.15) is 0 Å². The molecule has 1 fully saturated rings. The van der Waals surface area contributed by atoms with E-state index in [1.807, 2.05) is 23.1 Å². The summed E-state index contributed by atoms with van der Waals surface area (Å²) < 4.78 is 0. The van der Waals surface area contributed by atoms with Gasteiger partial charge in [0.05, 0.1) is 0 Å². The maximum Gasteiger partial charge on any atom is 0.240 e. The van der Waals surface area contributed by atoms with Gasteiger partial charge in [0.2, 0.25) is 5.91 Å². The standard InChI is InChI=1S/C13H17ClN2O/c1-11(14)13(17)16-9-7-15(8-10-16)12-5-3-2-4-6-12/h2-6,11H,7-10H2,1H3/t11-/m0/s1. The molecule has 0 aliphatic carbocycles. The zero-order valence-electron chi connectivity index (χ0n) is 9.97. The number of halogens is 1. The molecular formula is C13H17ClN2O. The van der Waals surface area contributed by atoms with Crippen molar-refractivity contribution in [2.45, 2.75) is 12.3 Å². The Balaban J connectivity index is 1.93. The second-order valence-corrected chi connectivity index (χ2v) is 4.92. The lowest BCUT2D eigenvalue weighted by molar-refractivity contribution is -0.130. The quantitative estimate of drug-likeness (QED) is 0.752. The topological polar surface area (TPSA) is 23.6 Å². The second-order valence-electron chi connectivity index (χ2n) is 4.26. The van der Waals surface area contributed by atoms with Crippen molar-refractivity contribution < 1.29 is 4.79 Å². The summed E-state index contributed by atoms with van der Waals surface area (Å²) in [6, 6.07) is 10.3. The molecule has 2 rings (SSSR count). The van der Waals surface area contributed by atoms with E-state index < -0.39 is 5.38 Å². The van der Waals surface area contributed by atoms with Gasteiger partial charge in [-0.3, -0.25) is 4.79 Å². The molecule has 1 aromatic rings. The van der Waals surface area contributed by atoms with E-state index in [0.717, 1.165) is 26.2 Å². The molecule has 0 bridgehead atoms. The van der Waals surface area contributed by atoms with E-state index in [0.29, 0.717) is 0 Å². The van der Waals surface area contributed by atoms with Crippen LogP contribution < -0.4 is 4.90 Å². The molecule has 0 unspecified atom stereocenters. The number of nitrogens with zero attached hydrogens (tertiary/aromatic N) is 2. The molecule has 0 spiro atoms. The number of carbonyl (C=O) groups excluding carboxylic acids is 1. The monoisotopic (exact) mass is 252 g/mol. The van der Waals surface area contributed by atoms with Crippen molar-refractivity contribution in [1.82, 2.24) is 4.90 Å². The van der Waals surface area contributed by atoms with Crippen molar-refractivity contribution in [2.24, 2.45) is 0 Å². The van der Waals surface area contributed by atoms with Crippen LogP contribution in [-0.2, 0) is 4.79 Å². The van der Waals surface area contributed by atoms with Crippen LogP contribution >= 0.6 is 11.6 Å². The van der Waals surface area contributed by atoms with E-state index in [2.05, 4.69) is 17.0 Å². The third kappa shape index (κ3) is 2.91. The Morgan fingerprint density at radius 1 is 1.18 bits per heavy atom. The van der Waals surface area contributed by atoms with Gasteiger partial charge in [-0.15, -0.1) is 11.6 Å². The summed E-state index contributed by atoms with van der Waals surface area (Å²) in [6.07, 6.45) is 0. The molecule has 1 amide bonds. The number of para-hydroxylation sites is 1. The van der Waals surface area contributed by atoms with Gasteiger partial charge in [0.15, 0.2) is 0 Å². The van der Waals surface area contributed by atoms with Crippen LogP contribution in [0.15, 0.2) is 30.3 Å². The Hall–Kier alpha value is -1.22. The fourth-order valence-corrected chi connectivity index (χ4v) is 2.21. The van der Waals surface area contributed by atoms with Gasteiger partial charge in [0.1, 0.15) is 5.38 Å². The van der Waals surface area contributed by atoms with Gasteiger partial charge >= 0.3 is 0 Å². The molecule has 0 radical (unpaired) electrons. The SMILES string of the molecule is C[C@H](Cl)C(=O)N1CCN(c2ccccc2)CC1. The lowest BCUT2D eigenvalue weighted by Crippen LogP contribution is -2.50. The first kappa shape index (κ1) is 12.2. The molecule has 1 aliphatic rings. The van der Waals surface area contributed by atoms with Gasteiger partial charge in [-0.1, -0.05) is 18.2 Å². The number of carbonyl (C=O) groups is 1. The Kier molecular flexibility index (Phi) is 3.89. The average Bonchev–Trinajstić information content (AvgIpc) is 2.39. The predicted octanol–water partition coefficient (Wildman–Crippen LogP) is 1.96. The molecule has 1 atom stereocenters. The Morgan fingerprint density at radius 2 is 1.76 bits per heavy atom. The van der Waals surface area contributed by atoms with E-state index in [4.69, 9.17) is 11.6 Å². The summed E-state index contributed by atoms with van der Waals surface area (Å²) in [5, 5.41) is -0.418. The zero-order chi connectivity index (χ0) is 12.3. The predicted molar refractivity (Wildman–Crippen MR) is 70.6 cm³/mol. The number of anilines is 1. The summed E-state index contributed by atoms with van der Waals surface area (Å²) >= 11 is 5.81. The van der Waals surface area contributed by atoms with E-state index in [1.54, 1.807) is 6.92 Å². The zero-order valence-corrected chi connectivity index (χ0v) is 10.7. The van der Waals surface area contributed by atoms with Crippen molar-refractivity contribution in [3.63, 3.8) is 0 Å². The lowest BCUT2D eigenvalue weighted by atomic mass is 10.2. The van der Waals surface area contributed by atoms with Crippen molar-refractivity contribution >= 4 is 23.2 Å². The number of piperazine rings is 1. The van der Waals surface area contributed by atoms with Gasteiger partial charge in [-0.25, -0.2) is 0 Å². The molecule has 1 saturated heterocycles. The van der Waals surface area contributed by atoms with E-state index in [9.17, 15) is 4.79 Å². The summed E-state index contributed by atoms with van der Waals surface area (Å²) in [6.45, 7) is 4.99. The Labute approximate surface area is 107 Å². The highest BCUT2D eigenvalue weighted by molar-refractivity contribution is 6.30. The van der Waals surface area contributed by atoms with Crippen LogP contribution in [0.3, 0.4) is 0 Å². The van der Waals surface area contributed by atoms with Crippen LogP contribution in [0.5, 0.6) is 0 Å². The third-order valence-corrected chi connectivity index (χ3v) is 3.24. The maximum atomic E-state index is 11.7. The van der Waals surface area contributed by atoms with Crippen molar-refractivity contribution in [3.05, 3.63) is 30.3 Å². The van der Waals surface area contributed by atoms with Crippen LogP contribution in [0.1, 0.15) is 6.92 Å². The van der Waals surface area contributed by atoms with Crippen LogP contribution in [-0.4, -0.2) is 42.4 Å². The molecule has 1 heterocycles. The minimum Gasteiger partial charge on any atom is -0.368 e. The van der Waals surface area contributed by atoms with Crippen LogP contribution in [0.2, 0.25) is 0 Å². The number of alkyl halides is 1. The highest BCUT2D eigenvalue weighted by Gasteiger charge is 2.23. The van der Waals surface area contributed by atoms with Crippen LogP contribution in [0.4, 0.5) is 5.69 Å². The molecule has 4 heteroatoms. The molecule has 17 heavy (non-hydrogen) atoms. The fraction of sp³-hybridized carbons (Fsp3) is 0.462. The Morgan fingerprint density at radius 3 is 2.29 bits per heavy atom. The number of hydrogen-bond donors (Lipinski definition) is 0. The van der Waals surface area contributed by atoms with E-state index >= 15 is 0 Å². The van der Waals surface area contributed by atoms with Crippen LogP contribution in [0, 0.1) is 0 Å². The Bertz CT molecular complexity index is 372. The minimum absolute atomic E-state index is 0.0411. The van der Waals surface area contributed by atoms with Gasteiger partial charge in [0, 0.05) is 31.9 Å². The van der Waals surface area contributed by atoms with Gasteiger partial charge in [-0.05, 0) is 19.1 Å². The number of amides is 1. The minimum atomic E-state index is -0.418. The van der Waals surface area contributed by atoms with Crippen molar-refractivity contribution in [1.29, 1.82) is 0 Å². The summed E-state index contributed by atoms with van der Waals surface area (Å²) in [7, 11) is 0. The fourth-order valence-electron chi connectivity index (χ4n) is 2.08. The number of rotatable bonds is 2. The van der Waals surface area contributed by atoms with E-state index in [1.165, 1.54) is 5.69 Å². The third-order valence-electron chi connectivity index (χ3n) is 3.05. The first-order valence-electron chi connectivity index (χ1n) is 5.91. The number of benzene rings is 1. The molecule has 1 aliphatic heterocycles. The first-order valence-corrected chi connectivity index (χ1v) is 6.35. The van der Waals surface area contributed by atoms with Gasteiger partial charge in [0.25, 0.3) is 0 Å². The molecule has 0 aromatic heterocycles. The molecule has 0 N–H and O–H groups in total. The smallest absolute Gasteiger partial charge is 0.240 e. The molecule has 0 saturated carbocycles. The number of hydrogen-bond acceptors (Lipinski definition) is 2. The van der Waals surface area contributed by atoms with Crippen molar-refractivity contribution in [2.75, 3.05) is 31.1 Å².